The molecule has 0 bridgehead atoms. The number of benzene rings is 3. The van der Waals surface area contributed by atoms with E-state index in [0.29, 0.717) is 5.92 Å². The van der Waals surface area contributed by atoms with E-state index in [1.807, 2.05) is 5.38 Å². The summed E-state index contributed by atoms with van der Waals surface area (Å²) in [5, 5.41) is 1.93. The fourth-order valence-electron chi connectivity index (χ4n) is 2.69. The lowest BCUT2D eigenvalue weighted by Gasteiger charge is -2.18. The second kappa shape index (κ2) is 8.80. The molecule has 0 unspecified atom stereocenters. The van der Waals surface area contributed by atoms with Gasteiger partial charge in [-0.05, 0) is 16.7 Å². The summed E-state index contributed by atoms with van der Waals surface area (Å²) in [5.41, 5.74) is 5.79. The molecule has 0 radical (unpaired) electrons. The van der Waals surface area contributed by atoms with Crippen molar-refractivity contribution < 1.29 is 0 Å². The number of hydrogen-bond donors (Lipinski definition) is 0. The Kier molecular flexibility index (Phi) is 5.93. The van der Waals surface area contributed by atoms with E-state index in [4.69, 9.17) is 0 Å². The molecule has 0 aliphatic carbocycles. The molecule has 4 aromatic rings. The Morgan fingerprint density at radius 3 is 1.25 bits per heavy atom. The maximum Gasteiger partial charge on any atom is 0.0791 e. The molecular weight excluding hydrogens is 310 g/mol. The SMILES string of the molecule is c1ccc(C(c2ccccc2)c2ccccc2)cc1.c1cscn1. The van der Waals surface area contributed by atoms with Crippen LogP contribution in [0.15, 0.2) is 108 Å². The second-order valence-corrected chi connectivity index (χ2v) is 6.10. The average molecular weight is 329 g/mol. The minimum Gasteiger partial charge on any atom is -0.253 e. The molecule has 1 heterocycles. The van der Waals surface area contributed by atoms with Gasteiger partial charge in [0.1, 0.15) is 0 Å². The van der Waals surface area contributed by atoms with Crippen molar-refractivity contribution in [3.05, 3.63) is 125 Å². The Morgan fingerprint density at radius 2 is 1.00 bits per heavy atom. The first kappa shape index (κ1) is 16.2. The Balaban J connectivity index is 0.000000290. The Morgan fingerprint density at radius 1 is 0.583 bits per heavy atom. The maximum atomic E-state index is 3.74. The molecule has 0 saturated heterocycles. The predicted molar refractivity (Wildman–Crippen MR) is 102 cm³/mol. The standard InChI is InChI=1S/C19H16.C3H3NS/c1-4-10-16(11-5-1)19(17-12-6-2-7-13-17)18-14-8-3-9-15-18;1-2-5-3-4-1/h1-15,19H;1-3H. The smallest absolute Gasteiger partial charge is 0.0791 e. The van der Waals surface area contributed by atoms with E-state index in [0.717, 1.165) is 0 Å². The van der Waals surface area contributed by atoms with E-state index >= 15 is 0 Å². The molecule has 2 heteroatoms. The van der Waals surface area contributed by atoms with Crippen molar-refractivity contribution in [3.63, 3.8) is 0 Å². The quantitative estimate of drug-likeness (QED) is 0.419. The highest BCUT2D eigenvalue weighted by Gasteiger charge is 2.15. The third-order valence-electron chi connectivity index (χ3n) is 3.75. The average Bonchev–Trinajstić information content (AvgIpc) is 3.25. The van der Waals surface area contributed by atoms with Crippen LogP contribution in [0.4, 0.5) is 0 Å². The van der Waals surface area contributed by atoms with Crippen molar-refractivity contribution in [1.82, 2.24) is 4.98 Å². The minimum absolute atomic E-state index is 0.309. The van der Waals surface area contributed by atoms with Gasteiger partial charge in [-0.1, -0.05) is 91.0 Å². The molecule has 0 spiro atoms. The van der Waals surface area contributed by atoms with Crippen molar-refractivity contribution in [1.29, 1.82) is 0 Å². The van der Waals surface area contributed by atoms with Gasteiger partial charge < -0.3 is 0 Å². The summed E-state index contributed by atoms with van der Waals surface area (Å²) in [6.45, 7) is 0. The molecule has 0 fully saturated rings. The second-order valence-electron chi connectivity index (χ2n) is 5.34. The molecule has 0 N–H and O–H groups in total. The van der Waals surface area contributed by atoms with Crippen LogP contribution in [0, 0.1) is 0 Å². The topological polar surface area (TPSA) is 12.9 Å². The number of aromatic nitrogens is 1. The lowest BCUT2D eigenvalue weighted by molar-refractivity contribution is 0.977. The fourth-order valence-corrected chi connectivity index (χ4v) is 3.04. The van der Waals surface area contributed by atoms with Gasteiger partial charge in [-0.3, -0.25) is 4.98 Å². The largest absolute Gasteiger partial charge is 0.253 e. The zero-order chi connectivity index (χ0) is 16.5. The minimum atomic E-state index is 0.309. The first-order valence-corrected chi connectivity index (χ1v) is 8.86. The zero-order valence-corrected chi connectivity index (χ0v) is 14.1. The van der Waals surface area contributed by atoms with Crippen molar-refractivity contribution in [2.24, 2.45) is 0 Å². The summed E-state index contributed by atoms with van der Waals surface area (Å²) in [5.74, 6) is 0.309. The summed E-state index contributed by atoms with van der Waals surface area (Å²) in [6, 6.07) is 32.0. The lowest BCUT2D eigenvalue weighted by Crippen LogP contribution is -2.02. The molecule has 0 aliphatic rings. The molecule has 3 aromatic carbocycles. The first-order chi connectivity index (χ1) is 11.9. The number of rotatable bonds is 3. The van der Waals surface area contributed by atoms with E-state index in [-0.39, 0.29) is 0 Å². The molecule has 0 atom stereocenters. The number of nitrogens with zero attached hydrogens (tertiary/aromatic N) is 1. The van der Waals surface area contributed by atoms with Crippen LogP contribution in [0.25, 0.3) is 0 Å². The van der Waals surface area contributed by atoms with Gasteiger partial charge in [-0.2, -0.15) is 0 Å². The molecule has 1 nitrogen and oxygen atoms in total. The Hall–Kier alpha value is -2.71. The van der Waals surface area contributed by atoms with Crippen molar-refractivity contribution in [2.75, 3.05) is 0 Å². The molecule has 0 saturated carbocycles. The van der Waals surface area contributed by atoms with Crippen LogP contribution in [0.3, 0.4) is 0 Å². The summed E-state index contributed by atoms with van der Waals surface area (Å²) >= 11 is 1.60. The molecule has 1 aromatic heterocycles. The summed E-state index contributed by atoms with van der Waals surface area (Å²) in [6.07, 6.45) is 1.77. The summed E-state index contributed by atoms with van der Waals surface area (Å²) in [7, 11) is 0. The zero-order valence-electron chi connectivity index (χ0n) is 13.3. The van der Waals surface area contributed by atoms with E-state index < -0.39 is 0 Å². The normalized spacial score (nSPS) is 10.0. The number of thiazole rings is 1. The Bertz CT molecular complexity index is 685. The van der Waals surface area contributed by atoms with Crippen LogP contribution >= 0.6 is 11.3 Å². The van der Waals surface area contributed by atoms with Crippen LogP contribution in [0.5, 0.6) is 0 Å². The van der Waals surface area contributed by atoms with Crippen molar-refractivity contribution in [3.8, 4) is 0 Å². The highest BCUT2D eigenvalue weighted by molar-refractivity contribution is 7.07. The third-order valence-corrected chi connectivity index (χ3v) is 4.27. The van der Waals surface area contributed by atoms with Gasteiger partial charge in [0.05, 0.1) is 5.51 Å². The van der Waals surface area contributed by atoms with Crippen LogP contribution in [-0.2, 0) is 0 Å². The monoisotopic (exact) mass is 329 g/mol. The van der Waals surface area contributed by atoms with Gasteiger partial charge in [0.25, 0.3) is 0 Å². The molecule has 118 valence electrons. The molecule has 0 amide bonds. The first-order valence-electron chi connectivity index (χ1n) is 7.92. The van der Waals surface area contributed by atoms with Gasteiger partial charge in [0.15, 0.2) is 0 Å². The van der Waals surface area contributed by atoms with E-state index in [9.17, 15) is 0 Å². The highest BCUT2D eigenvalue weighted by atomic mass is 32.1. The van der Waals surface area contributed by atoms with Crippen LogP contribution in [-0.4, -0.2) is 4.98 Å². The predicted octanol–water partition coefficient (Wildman–Crippen LogP) is 6.01. The molecule has 24 heavy (non-hydrogen) atoms. The Labute approximate surface area is 147 Å². The van der Waals surface area contributed by atoms with E-state index in [1.165, 1.54) is 16.7 Å². The van der Waals surface area contributed by atoms with Crippen molar-refractivity contribution >= 4 is 11.3 Å². The van der Waals surface area contributed by atoms with Crippen molar-refractivity contribution in [2.45, 2.75) is 5.92 Å². The van der Waals surface area contributed by atoms with E-state index in [1.54, 1.807) is 23.0 Å². The molecular formula is C22H19NS. The van der Waals surface area contributed by atoms with Gasteiger partial charge in [0, 0.05) is 17.5 Å². The highest BCUT2D eigenvalue weighted by Crippen LogP contribution is 2.31. The summed E-state index contributed by atoms with van der Waals surface area (Å²) < 4.78 is 0. The van der Waals surface area contributed by atoms with Crippen LogP contribution in [0.2, 0.25) is 0 Å². The number of hydrogen-bond acceptors (Lipinski definition) is 2. The third kappa shape index (κ3) is 4.40. The molecule has 4 rings (SSSR count). The summed E-state index contributed by atoms with van der Waals surface area (Å²) in [4.78, 5) is 3.74. The lowest BCUT2D eigenvalue weighted by atomic mass is 9.85. The molecule has 0 aliphatic heterocycles. The van der Waals surface area contributed by atoms with Crippen LogP contribution < -0.4 is 0 Å². The van der Waals surface area contributed by atoms with Crippen LogP contribution in [0.1, 0.15) is 22.6 Å². The fraction of sp³-hybridized carbons (Fsp3) is 0.0455. The van der Waals surface area contributed by atoms with E-state index in [2.05, 4.69) is 96.0 Å². The van der Waals surface area contributed by atoms with Gasteiger partial charge >= 0.3 is 0 Å². The van der Waals surface area contributed by atoms with Gasteiger partial charge in [-0.15, -0.1) is 11.3 Å². The van der Waals surface area contributed by atoms with Gasteiger partial charge in [0.2, 0.25) is 0 Å². The maximum absolute atomic E-state index is 3.74. The van der Waals surface area contributed by atoms with Gasteiger partial charge in [-0.25, -0.2) is 0 Å².